The maximum Gasteiger partial charge on any atom is 0.106 e. The zero-order valence-electron chi connectivity index (χ0n) is 10.8. The van der Waals surface area contributed by atoms with E-state index in [1.165, 1.54) is 11.1 Å². The molecule has 0 unspecified atom stereocenters. The van der Waals surface area contributed by atoms with Gasteiger partial charge in [0, 0.05) is 0 Å². The normalized spacial score (nSPS) is 11.6. The third-order valence-electron chi connectivity index (χ3n) is 3.00. The van der Waals surface area contributed by atoms with Crippen LogP contribution in [0.2, 0.25) is 0 Å². The molecule has 0 bridgehead atoms. The topological polar surface area (TPSA) is 33.0 Å². The molecular formula is C15H19NO. The van der Waals surface area contributed by atoms with Gasteiger partial charge in [-0.2, -0.15) is 5.26 Å². The molecule has 0 aliphatic carbocycles. The molecule has 0 saturated heterocycles. The van der Waals surface area contributed by atoms with E-state index >= 15 is 0 Å². The molecule has 0 aliphatic heterocycles. The highest BCUT2D eigenvalue weighted by Gasteiger charge is 2.03. The van der Waals surface area contributed by atoms with Crippen molar-refractivity contribution in [3.8, 4) is 6.07 Å². The van der Waals surface area contributed by atoms with Crippen molar-refractivity contribution in [3.05, 3.63) is 46.7 Å². The van der Waals surface area contributed by atoms with Gasteiger partial charge < -0.3 is 4.74 Å². The minimum atomic E-state index is 0.734. The Kier molecular flexibility index (Phi) is 5.29. The van der Waals surface area contributed by atoms with Crippen molar-refractivity contribution in [1.29, 1.82) is 5.26 Å². The van der Waals surface area contributed by atoms with E-state index in [-0.39, 0.29) is 0 Å². The van der Waals surface area contributed by atoms with Gasteiger partial charge in [-0.05, 0) is 44.2 Å². The van der Waals surface area contributed by atoms with Gasteiger partial charge in [0.1, 0.15) is 5.76 Å². The predicted molar refractivity (Wildman–Crippen MR) is 69.4 cm³/mol. The maximum atomic E-state index is 8.99. The van der Waals surface area contributed by atoms with Gasteiger partial charge in [0.05, 0.1) is 18.8 Å². The van der Waals surface area contributed by atoms with E-state index in [1.54, 1.807) is 7.11 Å². The van der Waals surface area contributed by atoms with Gasteiger partial charge in [0.15, 0.2) is 0 Å². The number of aryl methyl sites for hydroxylation is 2. The Morgan fingerprint density at radius 3 is 2.65 bits per heavy atom. The van der Waals surface area contributed by atoms with Crippen LogP contribution in [0.4, 0.5) is 0 Å². The first-order valence-corrected chi connectivity index (χ1v) is 5.87. The van der Waals surface area contributed by atoms with Crippen LogP contribution in [0, 0.1) is 18.3 Å². The van der Waals surface area contributed by atoms with Crippen molar-refractivity contribution in [3.63, 3.8) is 0 Å². The third kappa shape index (κ3) is 3.96. The molecule has 0 fully saturated rings. The molecule has 0 radical (unpaired) electrons. The Morgan fingerprint density at radius 2 is 2.06 bits per heavy atom. The molecule has 0 N–H and O–H groups in total. The maximum absolute atomic E-state index is 8.99. The lowest BCUT2D eigenvalue weighted by molar-refractivity contribution is 0.289. The fraction of sp³-hybridized carbons (Fsp3) is 0.400. The Hall–Kier alpha value is -1.75. The highest BCUT2D eigenvalue weighted by Crippen LogP contribution is 2.15. The van der Waals surface area contributed by atoms with Crippen LogP contribution in [0.25, 0.3) is 0 Å². The summed E-state index contributed by atoms with van der Waals surface area (Å²) in [6.45, 7) is 3.96. The number of nitrogens with zero attached hydrogens (tertiary/aromatic N) is 1. The van der Waals surface area contributed by atoms with Crippen molar-refractivity contribution in [2.45, 2.75) is 33.1 Å². The number of allylic oxidation sites excluding steroid dienone is 2. The molecule has 2 nitrogen and oxygen atoms in total. The molecule has 17 heavy (non-hydrogen) atoms. The van der Waals surface area contributed by atoms with E-state index in [4.69, 9.17) is 10.00 Å². The lowest BCUT2D eigenvalue weighted by Crippen LogP contribution is -1.93. The largest absolute Gasteiger partial charge is 0.500 e. The van der Waals surface area contributed by atoms with E-state index in [0.717, 1.165) is 30.6 Å². The van der Waals surface area contributed by atoms with Gasteiger partial charge >= 0.3 is 0 Å². The average Bonchev–Trinajstić information content (AvgIpc) is 2.36. The minimum absolute atomic E-state index is 0.734. The van der Waals surface area contributed by atoms with Crippen LogP contribution in [0.15, 0.2) is 35.6 Å². The van der Waals surface area contributed by atoms with Gasteiger partial charge in [0.25, 0.3) is 0 Å². The number of nitriles is 1. The summed E-state index contributed by atoms with van der Waals surface area (Å²) in [6.07, 6.45) is 2.77. The molecule has 0 heterocycles. The summed E-state index contributed by atoms with van der Waals surface area (Å²) in [6, 6.07) is 10.6. The standard InChI is InChI=1S/C15H19NO/c1-12-7-4-5-8-14(12)9-6-10-15(11-16)13(2)17-3/h4-5,7-8H,6,9-10H2,1-3H3. The monoisotopic (exact) mass is 229 g/mol. The number of hydrogen-bond donors (Lipinski definition) is 0. The molecule has 1 aromatic rings. The first kappa shape index (κ1) is 13.3. The van der Waals surface area contributed by atoms with Gasteiger partial charge in [-0.15, -0.1) is 0 Å². The summed E-state index contributed by atoms with van der Waals surface area (Å²) in [7, 11) is 1.61. The second-order valence-electron chi connectivity index (χ2n) is 4.13. The molecule has 90 valence electrons. The number of rotatable bonds is 5. The summed E-state index contributed by atoms with van der Waals surface area (Å²) in [5.41, 5.74) is 3.43. The molecule has 0 aliphatic rings. The van der Waals surface area contributed by atoms with Crippen LogP contribution in [0.3, 0.4) is 0 Å². The Bertz CT molecular complexity index is 440. The summed E-state index contributed by atoms with van der Waals surface area (Å²) < 4.78 is 5.09. The van der Waals surface area contributed by atoms with Crippen LogP contribution in [-0.4, -0.2) is 7.11 Å². The smallest absolute Gasteiger partial charge is 0.106 e. The first-order chi connectivity index (χ1) is 8.19. The molecule has 1 aromatic carbocycles. The number of ether oxygens (including phenoxy) is 1. The number of hydrogen-bond acceptors (Lipinski definition) is 2. The van der Waals surface area contributed by atoms with Crippen molar-refractivity contribution in [2.75, 3.05) is 7.11 Å². The molecule has 0 saturated carbocycles. The lowest BCUT2D eigenvalue weighted by atomic mass is 10.0. The van der Waals surface area contributed by atoms with Crippen LogP contribution in [0.1, 0.15) is 30.9 Å². The van der Waals surface area contributed by atoms with E-state index in [2.05, 4.69) is 37.3 Å². The van der Waals surface area contributed by atoms with Crippen LogP contribution < -0.4 is 0 Å². The first-order valence-electron chi connectivity index (χ1n) is 5.87. The Labute approximate surface area is 104 Å². The third-order valence-corrected chi connectivity index (χ3v) is 3.00. The summed E-state index contributed by atoms with van der Waals surface area (Å²) >= 11 is 0. The molecule has 0 atom stereocenters. The van der Waals surface area contributed by atoms with Gasteiger partial charge in [-0.1, -0.05) is 24.3 Å². The average molecular weight is 229 g/mol. The number of benzene rings is 1. The van der Waals surface area contributed by atoms with Gasteiger partial charge in [0.2, 0.25) is 0 Å². The SMILES string of the molecule is COC(C)=C(C#N)CCCc1ccccc1C. The second kappa shape index (κ2) is 6.75. The zero-order chi connectivity index (χ0) is 12.7. The molecule has 1 rings (SSSR count). The van der Waals surface area contributed by atoms with Crippen LogP contribution in [0.5, 0.6) is 0 Å². The minimum Gasteiger partial charge on any atom is -0.500 e. The van der Waals surface area contributed by atoms with Crippen LogP contribution in [-0.2, 0) is 11.2 Å². The van der Waals surface area contributed by atoms with Gasteiger partial charge in [-0.3, -0.25) is 0 Å². The quantitative estimate of drug-likeness (QED) is 0.569. The summed E-state index contributed by atoms with van der Waals surface area (Å²) in [5.74, 6) is 0.734. The number of methoxy groups -OCH3 is 1. The zero-order valence-corrected chi connectivity index (χ0v) is 10.8. The van der Waals surface area contributed by atoms with Crippen molar-refractivity contribution in [1.82, 2.24) is 0 Å². The highest BCUT2D eigenvalue weighted by atomic mass is 16.5. The fourth-order valence-corrected chi connectivity index (χ4v) is 1.78. The Morgan fingerprint density at radius 1 is 1.35 bits per heavy atom. The van der Waals surface area contributed by atoms with E-state index < -0.39 is 0 Å². The molecule has 0 aromatic heterocycles. The van der Waals surface area contributed by atoms with E-state index in [0.29, 0.717) is 0 Å². The molecule has 0 spiro atoms. The molecule has 0 amide bonds. The van der Waals surface area contributed by atoms with Gasteiger partial charge in [-0.25, -0.2) is 0 Å². The lowest BCUT2D eigenvalue weighted by Gasteiger charge is -2.06. The molecular weight excluding hydrogens is 210 g/mol. The van der Waals surface area contributed by atoms with Crippen molar-refractivity contribution in [2.24, 2.45) is 0 Å². The van der Waals surface area contributed by atoms with E-state index in [1.807, 2.05) is 6.92 Å². The second-order valence-corrected chi connectivity index (χ2v) is 4.13. The van der Waals surface area contributed by atoms with Crippen molar-refractivity contribution < 1.29 is 4.74 Å². The summed E-state index contributed by atoms with van der Waals surface area (Å²) in [5, 5.41) is 8.99. The molecule has 2 heteroatoms. The predicted octanol–water partition coefficient (Wildman–Crippen LogP) is 3.76. The highest BCUT2D eigenvalue weighted by molar-refractivity contribution is 5.27. The summed E-state index contributed by atoms with van der Waals surface area (Å²) in [4.78, 5) is 0. The van der Waals surface area contributed by atoms with E-state index in [9.17, 15) is 0 Å². The fourth-order valence-electron chi connectivity index (χ4n) is 1.78. The van der Waals surface area contributed by atoms with Crippen molar-refractivity contribution >= 4 is 0 Å². The van der Waals surface area contributed by atoms with Crippen LogP contribution >= 0.6 is 0 Å². The Balaban J connectivity index is 2.54.